The Morgan fingerprint density at radius 2 is 1.67 bits per heavy atom. The van der Waals surface area contributed by atoms with Crippen molar-refractivity contribution in [2.24, 2.45) is 23.7 Å². The van der Waals surface area contributed by atoms with Crippen molar-refractivity contribution >= 4 is 11.8 Å². The monoisotopic (exact) mass is 247 g/mol. The first kappa shape index (κ1) is 11.9. The number of rotatable bonds is 5. The minimum Gasteiger partial charge on any atom is -0.282 e. The molecule has 2 aliphatic carbocycles. The van der Waals surface area contributed by atoms with Gasteiger partial charge in [-0.3, -0.25) is 14.5 Å². The summed E-state index contributed by atoms with van der Waals surface area (Å²) in [5.74, 6) is 0.878. The van der Waals surface area contributed by atoms with Crippen molar-refractivity contribution < 1.29 is 9.59 Å². The minimum absolute atomic E-state index is 0.0151. The van der Waals surface area contributed by atoms with E-state index in [1.54, 1.807) is 4.90 Å². The van der Waals surface area contributed by atoms with E-state index in [2.05, 4.69) is 19.1 Å². The number of imide groups is 1. The second-order valence-electron chi connectivity index (χ2n) is 5.89. The number of fused-ring (bicyclic) bond motifs is 5. The quantitative estimate of drug-likeness (QED) is 0.425. The summed E-state index contributed by atoms with van der Waals surface area (Å²) in [7, 11) is 0. The molecule has 1 saturated carbocycles. The van der Waals surface area contributed by atoms with E-state index < -0.39 is 0 Å². The highest BCUT2D eigenvalue weighted by Crippen LogP contribution is 2.52. The summed E-state index contributed by atoms with van der Waals surface area (Å²) in [5, 5.41) is 0. The van der Waals surface area contributed by atoms with Gasteiger partial charge in [0.25, 0.3) is 0 Å². The third-order valence-electron chi connectivity index (χ3n) is 4.80. The molecule has 1 aliphatic heterocycles. The molecular weight excluding hydrogens is 226 g/mol. The fourth-order valence-corrected chi connectivity index (χ4v) is 3.88. The van der Waals surface area contributed by atoms with Crippen LogP contribution in [0.25, 0.3) is 0 Å². The zero-order chi connectivity index (χ0) is 12.7. The van der Waals surface area contributed by atoms with Crippen molar-refractivity contribution in [3.05, 3.63) is 12.2 Å². The molecule has 0 spiro atoms. The summed E-state index contributed by atoms with van der Waals surface area (Å²) in [4.78, 5) is 26.2. The number of amides is 2. The molecular formula is C15H21NO2. The van der Waals surface area contributed by atoms with E-state index >= 15 is 0 Å². The van der Waals surface area contributed by atoms with Gasteiger partial charge in [-0.2, -0.15) is 0 Å². The Bertz CT molecular complexity index is 371. The highest BCUT2D eigenvalue weighted by Gasteiger charge is 2.58. The van der Waals surface area contributed by atoms with Crippen molar-refractivity contribution in [1.82, 2.24) is 4.90 Å². The van der Waals surface area contributed by atoms with Crippen LogP contribution in [-0.2, 0) is 9.59 Å². The average molecular weight is 247 g/mol. The van der Waals surface area contributed by atoms with Crippen molar-refractivity contribution in [2.75, 3.05) is 6.54 Å². The Morgan fingerprint density at radius 3 is 2.22 bits per heavy atom. The van der Waals surface area contributed by atoms with Crippen molar-refractivity contribution in [2.45, 2.75) is 39.0 Å². The van der Waals surface area contributed by atoms with Crippen LogP contribution in [0.2, 0.25) is 0 Å². The zero-order valence-electron chi connectivity index (χ0n) is 11.0. The first-order valence-corrected chi connectivity index (χ1v) is 7.27. The van der Waals surface area contributed by atoms with Crippen LogP contribution in [0.4, 0.5) is 0 Å². The van der Waals surface area contributed by atoms with E-state index in [0.717, 1.165) is 19.3 Å². The van der Waals surface area contributed by atoms with Crippen molar-refractivity contribution in [3.8, 4) is 0 Å². The van der Waals surface area contributed by atoms with Crippen molar-refractivity contribution in [3.63, 3.8) is 0 Å². The molecule has 2 bridgehead atoms. The highest BCUT2D eigenvalue weighted by atomic mass is 16.2. The molecule has 4 unspecified atom stereocenters. The Hall–Kier alpha value is -1.12. The van der Waals surface area contributed by atoms with Gasteiger partial charge in [-0.15, -0.1) is 0 Å². The minimum atomic E-state index is -0.0151. The van der Waals surface area contributed by atoms with Gasteiger partial charge in [0, 0.05) is 6.54 Å². The van der Waals surface area contributed by atoms with E-state index in [1.807, 2.05) is 0 Å². The molecule has 3 aliphatic rings. The van der Waals surface area contributed by atoms with Gasteiger partial charge in [0.05, 0.1) is 11.8 Å². The van der Waals surface area contributed by atoms with Gasteiger partial charge in [-0.1, -0.05) is 38.3 Å². The molecule has 1 saturated heterocycles. The Morgan fingerprint density at radius 1 is 1.06 bits per heavy atom. The number of nitrogens with zero attached hydrogens (tertiary/aromatic N) is 1. The molecule has 0 aromatic heterocycles. The first-order chi connectivity index (χ1) is 8.74. The number of hydrogen-bond donors (Lipinski definition) is 0. The fraction of sp³-hybridized carbons (Fsp3) is 0.733. The number of carbonyl (C=O) groups excluding carboxylic acids is 2. The molecule has 1 heterocycles. The largest absolute Gasteiger partial charge is 0.282 e. The third kappa shape index (κ3) is 1.63. The Labute approximate surface area is 108 Å². The van der Waals surface area contributed by atoms with Gasteiger partial charge in [0.1, 0.15) is 0 Å². The summed E-state index contributed by atoms with van der Waals surface area (Å²) in [6.45, 7) is 2.81. The van der Waals surface area contributed by atoms with Crippen LogP contribution in [0.15, 0.2) is 12.2 Å². The summed E-state index contributed by atoms with van der Waals surface area (Å²) in [6, 6.07) is 0. The topological polar surface area (TPSA) is 37.4 Å². The molecule has 18 heavy (non-hydrogen) atoms. The molecule has 2 fully saturated rings. The molecule has 0 N–H and O–H groups in total. The lowest BCUT2D eigenvalue weighted by Gasteiger charge is -2.16. The van der Waals surface area contributed by atoms with Crippen LogP contribution >= 0.6 is 0 Å². The molecule has 3 rings (SSSR count). The van der Waals surface area contributed by atoms with Crippen LogP contribution in [0.5, 0.6) is 0 Å². The number of likely N-dealkylation sites (tertiary alicyclic amines) is 1. The van der Waals surface area contributed by atoms with E-state index in [-0.39, 0.29) is 23.7 Å². The average Bonchev–Trinajstić information content (AvgIpc) is 3.02. The second kappa shape index (κ2) is 4.52. The SMILES string of the molecule is CCCCCCN1C(=O)C2C3C=CC(C3)C2C1=O. The predicted molar refractivity (Wildman–Crippen MR) is 68.6 cm³/mol. The maximum Gasteiger partial charge on any atom is 0.233 e. The second-order valence-corrected chi connectivity index (χ2v) is 5.89. The highest BCUT2D eigenvalue weighted by molar-refractivity contribution is 6.06. The number of hydrogen-bond acceptors (Lipinski definition) is 2. The lowest BCUT2D eigenvalue weighted by Crippen LogP contribution is -2.33. The molecule has 3 heteroatoms. The van der Waals surface area contributed by atoms with Gasteiger partial charge >= 0.3 is 0 Å². The molecule has 0 aromatic carbocycles. The fourth-order valence-electron chi connectivity index (χ4n) is 3.88. The molecule has 98 valence electrons. The van der Waals surface area contributed by atoms with Gasteiger partial charge in [0.15, 0.2) is 0 Å². The zero-order valence-corrected chi connectivity index (χ0v) is 11.0. The number of unbranched alkanes of at least 4 members (excludes halogenated alkanes) is 3. The van der Waals surface area contributed by atoms with Crippen LogP contribution in [0.1, 0.15) is 39.0 Å². The normalized spacial score (nSPS) is 36.8. The van der Waals surface area contributed by atoms with Crippen molar-refractivity contribution in [1.29, 1.82) is 0 Å². The van der Waals surface area contributed by atoms with Crippen LogP contribution in [0, 0.1) is 23.7 Å². The van der Waals surface area contributed by atoms with E-state index in [4.69, 9.17) is 0 Å². The molecule has 0 radical (unpaired) electrons. The summed E-state index contributed by atoms with van der Waals surface area (Å²) in [6.07, 6.45) is 9.78. The predicted octanol–water partition coefficient (Wildman–Crippen LogP) is 2.37. The van der Waals surface area contributed by atoms with Gasteiger partial charge in [-0.25, -0.2) is 0 Å². The van der Waals surface area contributed by atoms with Crippen LogP contribution in [0.3, 0.4) is 0 Å². The van der Waals surface area contributed by atoms with Gasteiger partial charge in [0.2, 0.25) is 11.8 Å². The third-order valence-corrected chi connectivity index (χ3v) is 4.80. The number of carbonyl (C=O) groups is 2. The Kier molecular flexibility index (Phi) is 3.00. The number of allylic oxidation sites excluding steroid dienone is 2. The van der Waals surface area contributed by atoms with Gasteiger partial charge < -0.3 is 0 Å². The summed E-state index contributed by atoms with van der Waals surface area (Å²) >= 11 is 0. The van der Waals surface area contributed by atoms with E-state index in [9.17, 15) is 9.59 Å². The lowest BCUT2D eigenvalue weighted by molar-refractivity contribution is -0.140. The van der Waals surface area contributed by atoms with Crippen LogP contribution in [-0.4, -0.2) is 23.3 Å². The molecule has 2 amide bonds. The van der Waals surface area contributed by atoms with E-state index in [0.29, 0.717) is 18.4 Å². The van der Waals surface area contributed by atoms with E-state index in [1.165, 1.54) is 12.8 Å². The summed E-state index contributed by atoms with van der Waals surface area (Å²) in [5.41, 5.74) is 0. The molecule has 3 nitrogen and oxygen atoms in total. The Balaban J connectivity index is 1.65. The maximum absolute atomic E-state index is 12.3. The van der Waals surface area contributed by atoms with Crippen LogP contribution < -0.4 is 0 Å². The molecule has 0 aromatic rings. The molecule has 4 atom stereocenters. The standard InChI is InChI=1S/C15H21NO2/c1-2-3-4-5-8-16-14(17)12-10-6-7-11(9-10)13(12)15(16)18/h6-7,10-13H,2-5,8-9H2,1H3. The summed E-state index contributed by atoms with van der Waals surface area (Å²) < 4.78 is 0. The maximum atomic E-state index is 12.3. The smallest absolute Gasteiger partial charge is 0.233 e. The van der Waals surface area contributed by atoms with Gasteiger partial charge in [-0.05, 0) is 24.7 Å². The lowest BCUT2D eigenvalue weighted by atomic mass is 9.85. The first-order valence-electron chi connectivity index (χ1n) is 7.27.